The largest absolute Gasteiger partial charge is 0.481 e. The Morgan fingerprint density at radius 1 is 1.26 bits per heavy atom. The second-order valence-electron chi connectivity index (χ2n) is 5.87. The SMILES string of the molecule is CC(NC(=O)c1ccc(Cl)cc1)C(=O)N1C[C@@H](C)[C@H](C(=O)O)C1. The fourth-order valence-electron chi connectivity index (χ4n) is 2.69. The molecule has 2 amide bonds. The van der Waals surface area contributed by atoms with E-state index in [4.69, 9.17) is 16.7 Å². The third-order valence-corrected chi connectivity index (χ3v) is 4.32. The number of amides is 2. The number of benzene rings is 1. The van der Waals surface area contributed by atoms with E-state index in [0.29, 0.717) is 17.1 Å². The molecule has 124 valence electrons. The Bertz CT molecular complexity index is 617. The summed E-state index contributed by atoms with van der Waals surface area (Å²) in [5.41, 5.74) is 0.409. The number of aliphatic carboxylic acids is 1. The molecule has 1 heterocycles. The summed E-state index contributed by atoms with van der Waals surface area (Å²) < 4.78 is 0. The normalized spacial score (nSPS) is 21.8. The zero-order valence-corrected chi connectivity index (χ0v) is 13.7. The summed E-state index contributed by atoms with van der Waals surface area (Å²) in [7, 11) is 0. The van der Waals surface area contributed by atoms with Crippen LogP contribution >= 0.6 is 11.6 Å². The molecular weight excluding hydrogens is 320 g/mol. The first kappa shape index (κ1) is 17.3. The molecule has 0 bridgehead atoms. The van der Waals surface area contributed by atoms with Crippen LogP contribution in [0, 0.1) is 11.8 Å². The van der Waals surface area contributed by atoms with Crippen molar-refractivity contribution in [2.75, 3.05) is 13.1 Å². The maximum Gasteiger partial charge on any atom is 0.308 e. The molecule has 1 aromatic rings. The summed E-state index contributed by atoms with van der Waals surface area (Å²) in [6.45, 7) is 3.96. The second-order valence-corrected chi connectivity index (χ2v) is 6.30. The van der Waals surface area contributed by atoms with Crippen molar-refractivity contribution in [2.45, 2.75) is 19.9 Å². The van der Waals surface area contributed by atoms with Gasteiger partial charge in [0.05, 0.1) is 5.92 Å². The average molecular weight is 339 g/mol. The number of likely N-dealkylation sites (tertiary alicyclic amines) is 1. The van der Waals surface area contributed by atoms with Gasteiger partial charge in [-0.3, -0.25) is 14.4 Å². The van der Waals surface area contributed by atoms with Crippen LogP contribution in [-0.2, 0) is 9.59 Å². The van der Waals surface area contributed by atoms with Crippen molar-refractivity contribution in [2.24, 2.45) is 11.8 Å². The first-order valence-electron chi connectivity index (χ1n) is 7.37. The molecule has 2 rings (SSSR count). The van der Waals surface area contributed by atoms with E-state index in [1.54, 1.807) is 31.2 Å². The van der Waals surface area contributed by atoms with E-state index < -0.39 is 17.9 Å². The number of carboxylic acid groups (broad SMARTS) is 1. The summed E-state index contributed by atoms with van der Waals surface area (Å²) in [6, 6.07) is 5.63. The lowest BCUT2D eigenvalue weighted by Gasteiger charge is -2.21. The Morgan fingerprint density at radius 2 is 1.87 bits per heavy atom. The minimum atomic E-state index is -0.898. The van der Waals surface area contributed by atoms with Crippen molar-refractivity contribution in [3.8, 4) is 0 Å². The third-order valence-electron chi connectivity index (χ3n) is 4.07. The molecule has 1 aromatic carbocycles. The van der Waals surface area contributed by atoms with Crippen molar-refractivity contribution in [3.05, 3.63) is 34.9 Å². The van der Waals surface area contributed by atoms with Crippen LogP contribution in [-0.4, -0.2) is 46.9 Å². The number of carboxylic acids is 1. The summed E-state index contributed by atoms with van der Waals surface area (Å²) in [4.78, 5) is 37.1. The number of halogens is 1. The number of carbonyl (C=O) groups excluding carboxylic acids is 2. The van der Waals surface area contributed by atoms with Crippen LogP contribution in [0.1, 0.15) is 24.2 Å². The molecule has 7 heteroatoms. The number of nitrogens with one attached hydrogen (secondary N) is 1. The smallest absolute Gasteiger partial charge is 0.308 e. The number of carbonyl (C=O) groups is 3. The molecule has 0 aliphatic carbocycles. The lowest BCUT2D eigenvalue weighted by Crippen LogP contribution is -2.46. The molecule has 0 radical (unpaired) electrons. The van der Waals surface area contributed by atoms with Gasteiger partial charge < -0.3 is 15.3 Å². The maximum absolute atomic E-state index is 12.4. The molecule has 1 fully saturated rings. The lowest BCUT2D eigenvalue weighted by molar-refractivity contribution is -0.142. The number of hydrogen-bond donors (Lipinski definition) is 2. The van der Waals surface area contributed by atoms with E-state index in [0.717, 1.165) is 0 Å². The zero-order chi connectivity index (χ0) is 17.1. The molecule has 3 atom stereocenters. The summed E-state index contributed by atoms with van der Waals surface area (Å²) >= 11 is 5.77. The molecule has 1 saturated heterocycles. The van der Waals surface area contributed by atoms with Crippen LogP contribution in [0.3, 0.4) is 0 Å². The summed E-state index contributed by atoms with van der Waals surface area (Å²) in [5.74, 6) is -2.20. The van der Waals surface area contributed by atoms with Gasteiger partial charge in [0.1, 0.15) is 6.04 Å². The molecule has 23 heavy (non-hydrogen) atoms. The Morgan fingerprint density at radius 3 is 2.39 bits per heavy atom. The van der Waals surface area contributed by atoms with Crippen molar-refractivity contribution in [1.29, 1.82) is 0 Å². The van der Waals surface area contributed by atoms with E-state index in [2.05, 4.69) is 5.32 Å². The van der Waals surface area contributed by atoms with Crippen molar-refractivity contribution >= 4 is 29.4 Å². The van der Waals surface area contributed by atoms with Crippen molar-refractivity contribution in [1.82, 2.24) is 10.2 Å². The van der Waals surface area contributed by atoms with E-state index >= 15 is 0 Å². The summed E-state index contributed by atoms with van der Waals surface area (Å²) in [6.07, 6.45) is 0. The molecular formula is C16H19ClN2O4. The fourth-order valence-corrected chi connectivity index (χ4v) is 2.81. The molecule has 1 aliphatic heterocycles. The third kappa shape index (κ3) is 4.01. The highest BCUT2D eigenvalue weighted by molar-refractivity contribution is 6.30. The minimum absolute atomic E-state index is 0.101. The topological polar surface area (TPSA) is 86.7 Å². The van der Waals surface area contributed by atoms with E-state index in [1.807, 2.05) is 6.92 Å². The first-order valence-corrected chi connectivity index (χ1v) is 7.75. The molecule has 0 aromatic heterocycles. The molecule has 6 nitrogen and oxygen atoms in total. The van der Waals surface area contributed by atoms with E-state index in [1.165, 1.54) is 4.90 Å². The predicted molar refractivity (Wildman–Crippen MR) is 85.3 cm³/mol. The van der Waals surface area contributed by atoms with Gasteiger partial charge in [0, 0.05) is 23.7 Å². The standard InChI is InChI=1S/C16H19ClN2O4/c1-9-7-19(8-13(9)16(22)23)15(21)10(2)18-14(20)11-3-5-12(17)6-4-11/h3-6,9-10,13H,7-8H2,1-2H3,(H,18,20)(H,22,23)/t9-,10?,13-/m1/s1. The quantitative estimate of drug-likeness (QED) is 0.873. The highest BCUT2D eigenvalue weighted by Crippen LogP contribution is 2.23. The van der Waals surface area contributed by atoms with Gasteiger partial charge in [0.25, 0.3) is 5.91 Å². The number of hydrogen-bond acceptors (Lipinski definition) is 3. The van der Waals surface area contributed by atoms with E-state index in [9.17, 15) is 14.4 Å². The van der Waals surface area contributed by atoms with Crippen LogP contribution in [0.25, 0.3) is 0 Å². The Balaban J connectivity index is 1.96. The summed E-state index contributed by atoms with van der Waals surface area (Å²) in [5, 5.41) is 12.3. The Hall–Kier alpha value is -2.08. The zero-order valence-electron chi connectivity index (χ0n) is 13.0. The fraction of sp³-hybridized carbons (Fsp3) is 0.438. The average Bonchev–Trinajstić information content (AvgIpc) is 2.89. The highest BCUT2D eigenvalue weighted by atomic mass is 35.5. The Kier molecular flexibility index (Phi) is 5.26. The molecule has 1 unspecified atom stereocenters. The van der Waals surface area contributed by atoms with Crippen LogP contribution in [0.15, 0.2) is 24.3 Å². The maximum atomic E-state index is 12.4. The second kappa shape index (κ2) is 7.00. The lowest BCUT2D eigenvalue weighted by atomic mass is 9.99. The van der Waals surface area contributed by atoms with Gasteiger partial charge in [-0.1, -0.05) is 18.5 Å². The van der Waals surface area contributed by atoms with Crippen LogP contribution in [0.2, 0.25) is 5.02 Å². The van der Waals surface area contributed by atoms with Crippen molar-refractivity contribution < 1.29 is 19.5 Å². The van der Waals surface area contributed by atoms with Crippen molar-refractivity contribution in [3.63, 3.8) is 0 Å². The van der Waals surface area contributed by atoms with Gasteiger partial charge >= 0.3 is 5.97 Å². The van der Waals surface area contributed by atoms with Gasteiger partial charge in [0.15, 0.2) is 0 Å². The van der Waals surface area contributed by atoms with E-state index in [-0.39, 0.29) is 24.3 Å². The van der Waals surface area contributed by atoms with Crippen LogP contribution in [0.4, 0.5) is 0 Å². The molecule has 2 N–H and O–H groups in total. The van der Waals surface area contributed by atoms with Gasteiger partial charge in [-0.05, 0) is 37.1 Å². The minimum Gasteiger partial charge on any atom is -0.481 e. The monoisotopic (exact) mass is 338 g/mol. The van der Waals surface area contributed by atoms with Crippen LogP contribution in [0.5, 0.6) is 0 Å². The first-order chi connectivity index (χ1) is 10.8. The molecule has 1 aliphatic rings. The van der Waals surface area contributed by atoms with Gasteiger partial charge in [-0.15, -0.1) is 0 Å². The van der Waals surface area contributed by atoms with Gasteiger partial charge in [-0.25, -0.2) is 0 Å². The predicted octanol–water partition coefficient (Wildman–Crippen LogP) is 1.64. The molecule has 0 spiro atoms. The molecule has 0 saturated carbocycles. The number of rotatable bonds is 4. The Labute approximate surface area is 139 Å². The highest BCUT2D eigenvalue weighted by Gasteiger charge is 2.38. The van der Waals surface area contributed by atoms with Crippen LogP contribution < -0.4 is 5.32 Å². The van der Waals surface area contributed by atoms with Gasteiger partial charge in [0.2, 0.25) is 5.91 Å². The number of nitrogens with zero attached hydrogens (tertiary/aromatic N) is 1. The van der Waals surface area contributed by atoms with Gasteiger partial charge in [-0.2, -0.15) is 0 Å².